The number of rotatable bonds is 3. The van der Waals surface area contributed by atoms with Crippen LogP contribution in [0, 0.1) is 0 Å². The van der Waals surface area contributed by atoms with E-state index < -0.39 is 37.7 Å². The standard InChI is InChI=1S/C16H14ClF3N2O2S/c17-14-4-3-12(10-13(14)16(18,19)20)25(23,24)22-9-1-2-15(22)11-5-7-21-8-6-11/h3-8,10,15H,1-2,9H2/t15-/m1/s1. The van der Waals surface area contributed by atoms with E-state index in [0.717, 1.165) is 17.7 Å². The molecule has 1 aromatic heterocycles. The maximum absolute atomic E-state index is 13.0. The molecule has 0 N–H and O–H groups in total. The highest BCUT2D eigenvalue weighted by atomic mass is 35.5. The van der Waals surface area contributed by atoms with Gasteiger partial charge in [-0.25, -0.2) is 8.42 Å². The number of alkyl halides is 3. The molecule has 0 saturated carbocycles. The Bertz CT molecular complexity index is 873. The molecule has 0 amide bonds. The molecule has 25 heavy (non-hydrogen) atoms. The SMILES string of the molecule is O=S(=O)(c1ccc(Cl)c(C(F)(F)F)c1)N1CCC[C@@H]1c1ccncc1. The summed E-state index contributed by atoms with van der Waals surface area (Å²) in [4.78, 5) is 3.49. The molecular formula is C16H14ClF3N2O2S. The van der Waals surface area contributed by atoms with Gasteiger partial charge in [-0.15, -0.1) is 0 Å². The minimum atomic E-state index is -4.72. The molecule has 0 spiro atoms. The van der Waals surface area contributed by atoms with Crippen molar-refractivity contribution in [3.63, 3.8) is 0 Å². The van der Waals surface area contributed by atoms with Gasteiger partial charge in [-0.1, -0.05) is 11.6 Å². The van der Waals surface area contributed by atoms with Crippen molar-refractivity contribution in [1.82, 2.24) is 9.29 Å². The molecule has 0 unspecified atom stereocenters. The van der Waals surface area contributed by atoms with E-state index in [1.165, 1.54) is 4.31 Å². The third-order valence-electron chi connectivity index (χ3n) is 4.14. The molecular weight excluding hydrogens is 377 g/mol. The van der Waals surface area contributed by atoms with Gasteiger partial charge in [0.15, 0.2) is 0 Å². The summed E-state index contributed by atoms with van der Waals surface area (Å²) in [5, 5.41) is -0.529. The highest BCUT2D eigenvalue weighted by Gasteiger charge is 2.39. The molecule has 2 heterocycles. The van der Waals surface area contributed by atoms with E-state index >= 15 is 0 Å². The van der Waals surface area contributed by atoms with Crippen molar-refractivity contribution in [3.8, 4) is 0 Å². The minimum absolute atomic E-state index is 0.249. The van der Waals surface area contributed by atoms with Crippen molar-refractivity contribution in [1.29, 1.82) is 0 Å². The van der Waals surface area contributed by atoms with Gasteiger partial charge in [-0.05, 0) is 48.7 Å². The number of aromatic nitrogens is 1. The first kappa shape index (κ1) is 18.2. The minimum Gasteiger partial charge on any atom is -0.265 e. The Labute approximate surface area is 148 Å². The Morgan fingerprint density at radius 2 is 1.84 bits per heavy atom. The summed E-state index contributed by atoms with van der Waals surface area (Å²) >= 11 is 5.58. The van der Waals surface area contributed by atoms with Crippen molar-refractivity contribution in [3.05, 3.63) is 58.9 Å². The number of benzene rings is 1. The predicted octanol–water partition coefficient (Wildman–Crippen LogP) is 4.28. The largest absolute Gasteiger partial charge is 0.417 e. The molecule has 134 valence electrons. The molecule has 1 aromatic carbocycles. The Hall–Kier alpha value is -1.64. The van der Waals surface area contributed by atoms with Gasteiger partial charge >= 0.3 is 6.18 Å². The van der Waals surface area contributed by atoms with E-state index in [1.54, 1.807) is 24.5 Å². The normalized spacial score (nSPS) is 19.3. The second-order valence-corrected chi connectivity index (χ2v) is 7.99. The van der Waals surface area contributed by atoms with Crippen LogP contribution in [-0.2, 0) is 16.2 Å². The molecule has 1 atom stereocenters. The third-order valence-corrected chi connectivity index (χ3v) is 6.38. The third kappa shape index (κ3) is 3.51. The molecule has 1 aliphatic heterocycles. The summed E-state index contributed by atoms with van der Waals surface area (Å²) in [5.74, 6) is 0. The lowest BCUT2D eigenvalue weighted by Crippen LogP contribution is -2.31. The molecule has 1 fully saturated rings. The molecule has 0 radical (unpaired) electrons. The molecule has 4 nitrogen and oxygen atoms in total. The molecule has 0 bridgehead atoms. The zero-order valence-corrected chi connectivity index (χ0v) is 14.4. The lowest BCUT2D eigenvalue weighted by Gasteiger charge is -2.25. The van der Waals surface area contributed by atoms with Crippen molar-refractivity contribution < 1.29 is 21.6 Å². The zero-order valence-electron chi connectivity index (χ0n) is 12.9. The number of sulfonamides is 1. The van der Waals surface area contributed by atoms with Gasteiger partial charge in [0.25, 0.3) is 0 Å². The number of halogens is 4. The second kappa shape index (κ2) is 6.59. The smallest absolute Gasteiger partial charge is 0.265 e. The summed E-state index contributed by atoms with van der Waals surface area (Å²) in [7, 11) is -4.08. The Morgan fingerprint density at radius 1 is 1.16 bits per heavy atom. The summed E-state index contributed by atoms with van der Waals surface area (Å²) in [6.45, 7) is 0.249. The fourth-order valence-electron chi connectivity index (χ4n) is 2.96. The second-order valence-electron chi connectivity index (χ2n) is 5.69. The van der Waals surface area contributed by atoms with Gasteiger partial charge in [0, 0.05) is 18.9 Å². The van der Waals surface area contributed by atoms with Crippen molar-refractivity contribution >= 4 is 21.6 Å². The van der Waals surface area contributed by atoms with E-state index in [4.69, 9.17) is 11.6 Å². The predicted molar refractivity (Wildman–Crippen MR) is 86.6 cm³/mol. The summed E-state index contributed by atoms with van der Waals surface area (Å²) < 4.78 is 66.2. The van der Waals surface area contributed by atoms with Crippen LogP contribution >= 0.6 is 11.6 Å². The van der Waals surface area contributed by atoms with Crippen LogP contribution in [0.15, 0.2) is 47.6 Å². The van der Waals surface area contributed by atoms with Crippen LogP contribution in [0.5, 0.6) is 0 Å². The van der Waals surface area contributed by atoms with Gasteiger partial charge in [0.05, 0.1) is 21.5 Å². The summed E-state index contributed by atoms with van der Waals surface area (Å²) in [6.07, 6.45) is -0.377. The van der Waals surface area contributed by atoms with Gasteiger partial charge in [0.1, 0.15) is 0 Å². The van der Waals surface area contributed by atoms with E-state index in [0.29, 0.717) is 18.9 Å². The van der Waals surface area contributed by atoms with Crippen LogP contribution in [0.4, 0.5) is 13.2 Å². The van der Waals surface area contributed by atoms with E-state index in [2.05, 4.69) is 4.98 Å². The quantitative estimate of drug-likeness (QED) is 0.786. The van der Waals surface area contributed by atoms with Crippen LogP contribution in [0.2, 0.25) is 5.02 Å². The van der Waals surface area contributed by atoms with Crippen LogP contribution in [-0.4, -0.2) is 24.3 Å². The van der Waals surface area contributed by atoms with Crippen LogP contribution < -0.4 is 0 Å². The van der Waals surface area contributed by atoms with Gasteiger partial charge < -0.3 is 0 Å². The maximum Gasteiger partial charge on any atom is 0.417 e. The molecule has 3 rings (SSSR count). The Balaban J connectivity index is 2.02. The fraction of sp³-hybridized carbons (Fsp3) is 0.312. The number of nitrogens with zero attached hydrogens (tertiary/aromatic N) is 2. The lowest BCUT2D eigenvalue weighted by atomic mass is 10.1. The average Bonchev–Trinajstić information content (AvgIpc) is 3.05. The Kier molecular flexibility index (Phi) is 4.78. The zero-order chi connectivity index (χ0) is 18.2. The monoisotopic (exact) mass is 390 g/mol. The highest BCUT2D eigenvalue weighted by Crippen LogP contribution is 2.39. The average molecular weight is 391 g/mol. The molecule has 0 aliphatic carbocycles. The first-order chi connectivity index (χ1) is 11.7. The van der Waals surface area contributed by atoms with Gasteiger partial charge in [-0.2, -0.15) is 17.5 Å². The number of pyridine rings is 1. The van der Waals surface area contributed by atoms with Crippen LogP contribution in [0.3, 0.4) is 0 Å². The molecule has 1 aliphatic rings. The van der Waals surface area contributed by atoms with E-state index in [1.807, 2.05) is 0 Å². The first-order valence-electron chi connectivity index (χ1n) is 7.50. The van der Waals surface area contributed by atoms with Crippen molar-refractivity contribution in [2.45, 2.75) is 30.0 Å². The lowest BCUT2D eigenvalue weighted by molar-refractivity contribution is -0.137. The van der Waals surface area contributed by atoms with Gasteiger partial charge in [-0.3, -0.25) is 4.98 Å². The highest BCUT2D eigenvalue weighted by molar-refractivity contribution is 7.89. The van der Waals surface area contributed by atoms with Crippen molar-refractivity contribution in [2.75, 3.05) is 6.54 Å². The topological polar surface area (TPSA) is 50.3 Å². The van der Waals surface area contributed by atoms with Crippen LogP contribution in [0.25, 0.3) is 0 Å². The summed E-state index contributed by atoms with van der Waals surface area (Å²) in [5.41, 5.74) is -0.393. The number of hydrogen-bond donors (Lipinski definition) is 0. The molecule has 2 aromatic rings. The molecule has 1 saturated heterocycles. The van der Waals surface area contributed by atoms with E-state index in [-0.39, 0.29) is 6.54 Å². The first-order valence-corrected chi connectivity index (χ1v) is 9.31. The fourth-order valence-corrected chi connectivity index (χ4v) is 4.90. The Morgan fingerprint density at radius 3 is 2.48 bits per heavy atom. The van der Waals surface area contributed by atoms with Crippen LogP contribution in [0.1, 0.15) is 30.0 Å². The van der Waals surface area contributed by atoms with Gasteiger partial charge in [0.2, 0.25) is 10.0 Å². The summed E-state index contributed by atoms with van der Waals surface area (Å²) in [6, 6.07) is 5.67. The van der Waals surface area contributed by atoms with E-state index in [9.17, 15) is 21.6 Å². The molecule has 9 heteroatoms. The van der Waals surface area contributed by atoms with Crippen molar-refractivity contribution in [2.24, 2.45) is 0 Å². The number of hydrogen-bond acceptors (Lipinski definition) is 3. The maximum atomic E-state index is 13.0.